The Bertz CT molecular complexity index is 139. The number of hydrogen-bond acceptors (Lipinski definition) is 2. The summed E-state index contributed by atoms with van der Waals surface area (Å²) >= 11 is 0. The highest BCUT2D eigenvalue weighted by molar-refractivity contribution is 5.87. The van der Waals surface area contributed by atoms with Crippen LogP contribution in [0.1, 0.15) is 6.42 Å². The first-order valence-corrected chi connectivity index (χ1v) is 2.77. The van der Waals surface area contributed by atoms with Crippen LogP contribution in [0.2, 0.25) is 0 Å². The highest BCUT2D eigenvalue weighted by atomic mass is 19.1. The number of aliphatic hydroxyl groups is 1. The fraction of sp³-hybridized carbons (Fsp3) is 0.800. The summed E-state index contributed by atoms with van der Waals surface area (Å²) in [7, 11) is 0. The van der Waals surface area contributed by atoms with Crippen LogP contribution >= 0.6 is 0 Å². The van der Waals surface area contributed by atoms with Crippen molar-refractivity contribution in [3.63, 3.8) is 0 Å². The molecule has 0 spiro atoms. The van der Waals surface area contributed by atoms with Crippen LogP contribution in [0, 0.1) is 0 Å². The smallest absolute Gasteiger partial charge is 0.260 e. The number of alkyl halides is 1. The molecule has 0 saturated carbocycles. The van der Waals surface area contributed by atoms with Crippen molar-refractivity contribution < 1.29 is 14.3 Å². The molecule has 4 heteroatoms. The first-order chi connectivity index (χ1) is 4.19. The van der Waals surface area contributed by atoms with Gasteiger partial charge in [-0.05, 0) is 0 Å². The molecule has 52 valence electrons. The third-order valence-electron chi connectivity index (χ3n) is 1.46. The first-order valence-electron chi connectivity index (χ1n) is 2.77. The van der Waals surface area contributed by atoms with E-state index in [0.717, 1.165) is 0 Å². The number of halogens is 1. The van der Waals surface area contributed by atoms with Gasteiger partial charge in [-0.3, -0.25) is 4.79 Å². The van der Waals surface area contributed by atoms with Crippen LogP contribution in [-0.4, -0.2) is 29.8 Å². The zero-order valence-electron chi connectivity index (χ0n) is 4.85. The van der Waals surface area contributed by atoms with Crippen LogP contribution in [-0.2, 0) is 4.79 Å². The van der Waals surface area contributed by atoms with Gasteiger partial charge >= 0.3 is 0 Å². The second-order valence-electron chi connectivity index (χ2n) is 2.13. The van der Waals surface area contributed by atoms with Crippen molar-refractivity contribution in [3.8, 4) is 0 Å². The molecule has 0 aromatic rings. The molecular weight excluding hydrogens is 125 g/mol. The van der Waals surface area contributed by atoms with Crippen molar-refractivity contribution in [1.82, 2.24) is 5.32 Å². The molecular formula is C5H8FNO2. The van der Waals surface area contributed by atoms with Crippen LogP contribution in [0.15, 0.2) is 0 Å². The molecule has 9 heavy (non-hydrogen) atoms. The summed E-state index contributed by atoms with van der Waals surface area (Å²) in [5.74, 6) is -0.690. The van der Waals surface area contributed by atoms with E-state index in [1.807, 2.05) is 0 Å². The lowest BCUT2D eigenvalue weighted by Gasteiger charge is -2.10. The first kappa shape index (κ1) is 6.48. The predicted octanol–water partition coefficient (Wildman–Crippen LogP) is -0.793. The molecule has 1 atom stereocenters. The molecule has 1 heterocycles. The van der Waals surface area contributed by atoms with Crippen LogP contribution in [0.25, 0.3) is 0 Å². The summed E-state index contributed by atoms with van der Waals surface area (Å²) in [6, 6.07) is 0. The molecule has 1 aliphatic rings. The SMILES string of the molecule is O=C1NCC[C@@]1(F)CO. The Morgan fingerprint density at radius 1 is 1.89 bits per heavy atom. The summed E-state index contributed by atoms with van der Waals surface area (Å²) in [6.45, 7) is -0.380. The standard InChI is InChI=1S/C5H8FNO2/c6-5(3-8)1-2-7-4(5)9/h8H,1-3H2,(H,7,9)/t5-/m1/s1. The molecule has 1 rings (SSSR count). The number of amides is 1. The Hall–Kier alpha value is -0.640. The largest absolute Gasteiger partial charge is 0.392 e. The van der Waals surface area contributed by atoms with Crippen molar-refractivity contribution >= 4 is 5.91 Å². The van der Waals surface area contributed by atoms with E-state index in [4.69, 9.17) is 5.11 Å². The normalized spacial score (nSPS) is 34.7. The average Bonchev–Trinajstić information content (AvgIpc) is 2.15. The van der Waals surface area contributed by atoms with Gasteiger partial charge in [0.15, 0.2) is 0 Å². The zero-order valence-corrected chi connectivity index (χ0v) is 4.85. The lowest BCUT2D eigenvalue weighted by atomic mass is 10.1. The minimum atomic E-state index is -2.00. The topological polar surface area (TPSA) is 49.3 Å². The van der Waals surface area contributed by atoms with Gasteiger partial charge in [0.1, 0.15) is 0 Å². The fourth-order valence-electron chi connectivity index (χ4n) is 0.797. The van der Waals surface area contributed by atoms with Gasteiger partial charge in [0.25, 0.3) is 5.91 Å². The molecule has 1 amide bonds. The quantitative estimate of drug-likeness (QED) is 0.492. The van der Waals surface area contributed by atoms with Gasteiger partial charge in [-0.15, -0.1) is 0 Å². The molecule has 2 N–H and O–H groups in total. The number of rotatable bonds is 1. The Morgan fingerprint density at radius 3 is 2.78 bits per heavy atom. The summed E-state index contributed by atoms with van der Waals surface area (Å²) in [6.07, 6.45) is 0.0856. The van der Waals surface area contributed by atoms with Gasteiger partial charge in [0.2, 0.25) is 5.67 Å². The highest BCUT2D eigenvalue weighted by Crippen LogP contribution is 2.19. The number of aliphatic hydroxyl groups excluding tert-OH is 1. The second-order valence-corrected chi connectivity index (χ2v) is 2.13. The fourth-order valence-corrected chi connectivity index (χ4v) is 0.797. The van der Waals surface area contributed by atoms with Crippen molar-refractivity contribution in [1.29, 1.82) is 0 Å². The van der Waals surface area contributed by atoms with Gasteiger partial charge in [-0.25, -0.2) is 4.39 Å². The van der Waals surface area contributed by atoms with Crippen molar-refractivity contribution in [2.75, 3.05) is 13.2 Å². The Morgan fingerprint density at radius 2 is 2.56 bits per heavy atom. The molecule has 0 aliphatic carbocycles. The third kappa shape index (κ3) is 0.896. The minimum Gasteiger partial charge on any atom is -0.392 e. The van der Waals surface area contributed by atoms with Gasteiger partial charge in [0, 0.05) is 13.0 Å². The molecule has 1 fully saturated rings. The number of nitrogens with one attached hydrogen (secondary N) is 1. The van der Waals surface area contributed by atoms with E-state index in [1.165, 1.54) is 0 Å². The average molecular weight is 133 g/mol. The molecule has 1 aliphatic heterocycles. The number of carbonyl (C=O) groups is 1. The zero-order chi connectivity index (χ0) is 6.91. The van der Waals surface area contributed by atoms with Gasteiger partial charge in [-0.2, -0.15) is 0 Å². The van der Waals surface area contributed by atoms with E-state index in [1.54, 1.807) is 0 Å². The van der Waals surface area contributed by atoms with Crippen molar-refractivity contribution in [3.05, 3.63) is 0 Å². The maximum absolute atomic E-state index is 12.8. The van der Waals surface area contributed by atoms with Crippen molar-refractivity contribution in [2.24, 2.45) is 0 Å². The van der Waals surface area contributed by atoms with E-state index in [9.17, 15) is 9.18 Å². The van der Waals surface area contributed by atoms with Crippen molar-refractivity contribution in [2.45, 2.75) is 12.1 Å². The van der Waals surface area contributed by atoms with E-state index < -0.39 is 18.2 Å². The summed E-state index contributed by atoms with van der Waals surface area (Å²) in [5, 5.41) is 10.6. The van der Waals surface area contributed by atoms with Crippen LogP contribution in [0.4, 0.5) is 4.39 Å². The van der Waals surface area contributed by atoms with E-state index in [2.05, 4.69) is 5.32 Å². The summed E-state index contributed by atoms with van der Waals surface area (Å²) < 4.78 is 12.8. The van der Waals surface area contributed by atoms with Gasteiger partial charge in [0.05, 0.1) is 6.61 Å². The Labute approximate surface area is 51.9 Å². The maximum Gasteiger partial charge on any atom is 0.260 e. The number of carbonyl (C=O) groups excluding carboxylic acids is 1. The van der Waals surface area contributed by atoms with E-state index in [0.29, 0.717) is 6.54 Å². The Kier molecular flexibility index (Phi) is 1.40. The lowest BCUT2D eigenvalue weighted by molar-refractivity contribution is -0.131. The molecule has 0 unspecified atom stereocenters. The van der Waals surface area contributed by atoms with Crippen LogP contribution in [0.3, 0.4) is 0 Å². The van der Waals surface area contributed by atoms with E-state index in [-0.39, 0.29) is 6.42 Å². The van der Waals surface area contributed by atoms with Crippen LogP contribution in [0.5, 0.6) is 0 Å². The third-order valence-corrected chi connectivity index (χ3v) is 1.46. The summed E-state index contributed by atoms with van der Waals surface area (Å²) in [5.41, 5.74) is -2.00. The lowest BCUT2D eigenvalue weighted by Crippen LogP contribution is -2.36. The van der Waals surface area contributed by atoms with Gasteiger partial charge in [-0.1, -0.05) is 0 Å². The number of hydrogen-bond donors (Lipinski definition) is 2. The molecule has 0 aromatic heterocycles. The predicted molar refractivity (Wildman–Crippen MR) is 28.6 cm³/mol. The van der Waals surface area contributed by atoms with E-state index >= 15 is 0 Å². The molecule has 3 nitrogen and oxygen atoms in total. The van der Waals surface area contributed by atoms with Crippen LogP contribution < -0.4 is 5.32 Å². The monoisotopic (exact) mass is 133 g/mol. The second kappa shape index (κ2) is 1.95. The Balaban J connectivity index is 2.67. The molecule has 0 radical (unpaired) electrons. The molecule has 0 bridgehead atoms. The minimum absolute atomic E-state index is 0.0856. The highest BCUT2D eigenvalue weighted by Gasteiger charge is 2.41. The molecule has 1 saturated heterocycles. The maximum atomic E-state index is 12.8. The van der Waals surface area contributed by atoms with Gasteiger partial charge < -0.3 is 10.4 Å². The summed E-state index contributed by atoms with van der Waals surface area (Å²) in [4.78, 5) is 10.5. The molecule has 0 aromatic carbocycles.